The Hall–Kier alpha value is -4.70. The van der Waals surface area contributed by atoms with Gasteiger partial charge in [0.2, 0.25) is 0 Å². The molecule has 0 atom stereocenters. The third-order valence-corrected chi connectivity index (χ3v) is 9.89. The average Bonchev–Trinajstić information content (AvgIpc) is 3.29. The van der Waals surface area contributed by atoms with Gasteiger partial charge in [0.15, 0.2) is 0 Å². The monoisotopic (exact) mass is 582 g/mol. The van der Waals surface area contributed by atoms with Crippen LogP contribution in [0.5, 0.6) is 0 Å². The van der Waals surface area contributed by atoms with Gasteiger partial charge in [-0.2, -0.15) is 0 Å². The van der Waals surface area contributed by atoms with Gasteiger partial charge in [0.05, 0.1) is 11.2 Å². The zero-order valence-corrected chi connectivity index (χ0v) is 26.2. The molecule has 1 heterocycles. The summed E-state index contributed by atoms with van der Waals surface area (Å²) in [7, 11) is -0.399. The summed E-state index contributed by atoms with van der Waals surface area (Å²) in [6.45, 7) is 8.41. The molecule has 7 aromatic rings. The van der Waals surface area contributed by atoms with Crippen LogP contribution in [0.4, 0.5) is 0 Å². The quantitative estimate of drug-likeness (QED) is 0.192. The molecule has 1 aliphatic heterocycles. The maximum atomic E-state index is 6.44. The smallest absolute Gasteiger partial charge is 0.399 e. The van der Waals surface area contributed by atoms with Crippen molar-refractivity contribution in [2.24, 2.45) is 0 Å². The Morgan fingerprint density at radius 2 is 0.889 bits per heavy atom. The van der Waals surface area contributed by atoms with Crippen LogP contribution in [0, 0.1) is 0 Å². The van der Waals surface area contributed by atoms with Gasteiger partial charge in [0.1, 0.15) is 0 Å². The SMILES string of the molecule is CC1(C)OB(c2cccc3c(-c4ccc5cc(-c6cccc(-c7ccc8ccccc8c7)c6)ccc5c4)cccc23)OC1(C)C. The predicted octanol–water partition coefficient (Wildman–Crippen LogP) is 10.4. The minimum atomic E-state index is -0.399. The van der Waals surface area contributed by atoms with E-state index >= 15 is 0 Å². The van der Waals surface area contributed by atoms with E-state index < -0.39 is 7.12 Å². The lowest BCUT2D eigenvalue weighted by Crippen LogP contribution is -2.41. The van der Waals surface area contributed by atoms with Crippen molar-refractivity contribution in [3.05, 3.63) is 140 Å². The normalized spacial score (nSPS) is 15.7. The van der Waals surface area contributed by atoms with Crippen LogP contribution in [0.1, 0.15) is 27.7 Å². The topological polar surface area (TPSA) is 18.5 Å². The van der Waals surface area contributed by atoms with Crippen molar-refractivity contribution in [2.75, 3.05) is 0 Å². The molecule has 0 amide bonds. The highest BCUT2D eigenvalue weighted by Crippen LogP contribution is 2.38. The van der Waals surface area contributed by atoms with Crippen molar-refractivity contribution in [3.8, 4) is 33.4 Å². The zero-order valence-electron chi connectivity index (χ0n) is 26.2. The molecule has 1 aliphatic rings. The number of rotatable bonds is 4. The summed E-state index contributed by atoms with van der Waals surface area (Å²) in [6.07, 6.45) is 0. The van der Waals surface area contributed by atoms with Gasteiger partial charge >= 0.3 is 7.12 Å². The second kappa shape index (κ2) is 10.4. The van der Waals surface area contributed by atoms with E-state index in [9.17, 15) is 0 Å². The van der Waals surface area contributed by atoms with E-state index in [4.69, 9.17) is 9.31 Å². The first kappa shape index (κ1) is 27.8. The van der Waals surface area contributed by atoms with Crippen molar-refractivity contribution in [2.45, 2.75) is 38.9 Å². The lowest BCUT2D eigenvalue weighted by molar-refractivity contribution is 0.00578. The molecule has 2 nitrogen and oxygen atoms in total. The van der Waals surface area contributed by atoms with E-state index in [1.54, 1.807) is 0 Å². The number of fused-ring (bicyclic) bond motifs is 3. The molecular formula is C42H35BO2. The molecule has 8 rings (SSSR count). The van der Waals surface area contributed by atoms with Gasteiger partial charge in [0.25, 0.3) is 0 Å². The fourth-order valence-electron chi connectivity index (χ4n) is 6.60. The molecule has 0 radical (unpaired) electrons. The molecule has 3 heteroatoms. The maximum absolute atomic E-state index is 6.44. The second-order valence-electron chi connectivity index (χ2n) is 13.3. The van der Waals surface area contributed by atoms with Gasteiger partial charge < -0.3 is 9.31 Å². The highest BCUT2D eigenvalue weighted by Gasteiger charge is 2.52. The Bertz CT molecular complexity index is 2230. The molecule has 0 saturated carbocycles. The lowest BCUT2D eigenvalue weighted by atomic mass is 9.75. The Morgan fingerprint density at radius 1 is 0.400 bits per heavy atom. The van der Waals surface area contributed by atoms with Crippen molar-refractivity contribution < 1.29 is 9.31 Å². The molecular weight excluding hydrogens is 547 g/mol. The summed E-state index contributed by atoms with van der Waals surface area (Å²) in [5.41, 5.74) is 7.61. The van der Waals surface area contributed by atoms with Crippen LogP contribution >= 0.6 is 0 Å². The summed E-state index contributed by atoms with van der Waals surface area (Å²) in [4.78, 5) is 0. The van der Waals surface area contributed by atoms with E-state index in [2.05, 4.69) is 167 Å². The molecule has 0 aromatic heterocycles. The van der Waals surface area contributed by atoms with E-state index in [1.165, 1.54) is 60.3 Å². The Balaban J connectivity index is 1.13. The van der Waals surface area contributed by atoms with E-state index in [0.717, 1.165) is 10.8 Å². The van der Waals surface area contributed by atoms with Gasteiger partial charge in [-0.25, -0.2) is 0 Å². The summed E-state index contributed by atoms with van der Waals surface area (Å²) < 4.78 is 12.9. The van der Waals surface area contributed by atoms with E-state index in [-0.39, 0.29) is 11.2 Å². The molecule has 218 valence electrons. The third kappa shape index (κ3) is 4.84. The van der Waals surface area contributed by atoms with Crippen molar-refractivity contribution in [1.82, 2.24) is 0 Å². The summed E-state index contributed by atoms with van der Waals surface area (Å²) in [5.74, 6) is 0. The van der Waals surface area contributed by atoms with Crippen molar-refractivity contribution in [1.29, 1.82) is 0 Å². The maximum Gasteiger partial charge on any atom is 0.495 e. The first-order valence-electron chi connectivity index (χ1n) is 15.8. The molecule has 0 bridgehead atoms. The fourth-order valence-corrected chi connectivity index (χ4v) is 6.60. The summed E-state index contributed by atoms with van der Waals surface area (Å²) in [6, 6.07) is 50.7. The first-order valence-corrected chi connectivity index (χ1v) is 15.8. The fraction of sp³-hybridized carbons (Fsp3) is 0.143. The average molecular weight is 583 g/mol. The molecule has 0 unspecified atom stereocenters. The van der Waals surface area contributed by atoms with E-state index in [0.29, 0.717) is 0 Å². The molecule has 7 aromatic carbocycles. The molecule has 1 saturated heterocycles. The molecule has 0 aliphatic carbocycles. The van der Waals surface area contributed by atoms with Crippen LogP contribution in [0.3, 0.4) is 0 Å². The minimum Gasteiger partial charge on any atom is -0.399 e. The second-order valence-corrected chi connectivity index (χ2v) is 13.3. The van der Waals surface area contributed by atoms with Crippen LogP contribution in [0.2, 0.25) is 0 Å². The Kier molecular flexibility index (Phi) is 6.46. The number of benzene rings is 7. The van der Waals surface area contributed by atoms with Crippen molar-refractivity contribution >= 4 is 44.9 Å². The molecule has 1 fully saturated rings. The predicted molar refractivity (Wildman–Crippen MR) is 191 cm³/mol. The van der Waals surface area contributed by atoms with Crippen LogP contribution in [0.25, 0.3) is 65.7 Å². The number of hydrogen-bond acceptors (Lipinski definition) is 2. The van der Waals surface area contributed by atoms with Crippen LogP contribution in [-0.4, -0.2) is 18.3 Å². The minimum absolute atomic E-state index is 0.383. The Labute approximate surface area is 265 Å². The van der Waals surface area contributed by atoms with E-state index in [1.807, 2.05) is 0 Å². The summed E-state index contributed by atoms with van der Waals surface area (Å²) in [5, 5.41) is 7.34. The van der Waals surface area contributed by atoms with Crippen LogP contribution in [0.15, 0.2) is 140 Å². The lowest BCUT2D eigenvalue weighted by Gasteiger charge is -2.32. The van der Waals surface area contributed by atoms with Gasteiger partial charge in [-0.05, 0) is 123 Å². The standard InChI is InChI=1S/C42H35BO2/c1-41(2)42(3,4)45-43(44-41)40-17-9-15-38-37(14-8-16-39(38)40)36-23-22-34-26-33(20-21-35(34)27-36)31-13-7-12-30(25-31)32-19-18-28-10-5-6-11-29(28)24-32/h5-27H,1-4H3. The molecule has 45 heavy (non-hydrogen) atoms. The third-order valence-electron chi connectivity index (χ3n) is 9.89. The van der Waals surface area contributed by atoms with Crippen molar-refractivity contribution in [3.63, 3.8) is 0 Å². The highest BCUT2D eigenvalue weighted by molar-refractivity contribution is 6.65. The molecule has 0 N–H and O–H groups in total. The van der Waals surface area contributed by atoms with Gasteiger partial charge in [-0.3, -0.25) is 0 Å². The summed E-state index contributed by atoms with van der Waals surface area (Å²) >= 11 is 0. The van der Waals surface area contributed by atoms with Gasteiger partial charge in [0, 0.05) is 0 Å². The van der Waals surface area contributed by atoms with Gasteiger partial charge in [-0.15, -0.1) is 0 Å². The molecule has 0 spiro atoms. The first-order chi connectivity index (χ1) is 21.8. The van der Waals surface area contributed by atoms with Crippen LogP contribution < -0.4 is 5.46 Å². The van der Waals surface area contributed by atoms with Crippen LogP contribution in [-0.2, 0) is 9.31 Å². The van der Waals surface area contributed by atoms with Gasteiger partial charge in [-0.1, -0.05) is 115 Å². The Morgan fingerprint density at radius 3 is 1.58 bits per heavy atom. The number of hydrogen-bond donors (Lipinski definition) is 0. The largest absolute Gasteiger partial charge is 0.495 e. The zero-order chi connectivity index (χ0) is 30.8. The highest BCUT2D eigenvalue weighted by atomic mass is 16.7.